The fraction of sp³-hybridized carbons (Fsp3) is 0.417. The highest BCUT2D eigenvalue weighted by Gasteiger charge is 2.22. The van der Waals surface area contributed by atoms with Crippen LogP contribution in [0.5, 0.6) is 11.5 Å². The predicted octanol–water partition coefficient (Wildman–Crippen LogP) is 2.48. The fourth-order valence-electron chi connectivity index (χ4n) is 1.74. The third-order valence-corrected chi connectivity index (χ3v) is 3.29. The van der Waals surface area contributed by atoms with E-state index in [0.29, 0.717) is 31.1 Å². The normalized spacial score (nSPS) is 15.4. The van der Waals surface area contributed by atoms with E-state index in [4.69, 9.17) is 14.6 Å². The second-order valence-corrected chi connectivity index (χ2v) is 4.86. The van der Waals surface area contributed by atoms with Gasteiger partial charge in [-0.1, -0.05) is 13.0 Å². The van der Waals surface area contributed by atoms with E-state index < -0.39 is 11.9 Å². The summed E-state index contributed by atoms with van der Waals surface area (Å²) in [6.07, 6.45) is 0.439. The van der Waals surface area contributed by atoms with Gasteiger partial charge in [-0.05, 0) is 34.0 Å². The number of carboxylic acids is 1. The Morgan fingerprint density at radius 2 is 2.06 bits per heavy atom. The van der Waals surface area contributed by atoms with Crippen molar-refractivity contribution in [3.8, 4) is 11.5 Å². The van der Waals surface area contributed by atoms with Crippen molar-refractivity contribution < 1.29 is 19.4 Å². The first kappa shape index (κ1) is 12.2. The summed E-state index contributed by atoms with van der Waals surface area (Å²) in [5, 5.41) is 8.92. The van der Waals surface area contributed by atoms with E-state index in [1.807, 2.05) is 12.1 Å². The van der Waals surface area contributed by atoms with Crippen molar-refractivity contribution in [1.29, 1.82) is 0 Å². The molecule has 5 heteroatoms. The largest absolute Gasteiger partial charge is 0.486 e. The molecule has 2 rings (SSSR count). The Bertz CT molecular complexity index is 444. The fourth-order valence-corrected chi connectivity index (χ4v) is 2.16. The second-order valence-electron chi connectivity index (χ2n) is 4.01. The topological polar surface area (TPSA) is 55.8 Å². The monoisotopic (exact) mass is 300 g/mol. The van der Waals surface area contributed by atoms with Crippen LogP contribution in [0.4, 0.5) is 0 Å². The van der Waals surface area contributed by atoms with Crippen molar-refractivity contribution >= 4 is 21.9 Å². The van der Waals surface area contributed by atoms with Crippen molar-refractivity contribution in [1.82, 2.24) is 0 Å². The van der Waals surface area contributed by atoms with Crippen molar-refractivity contribution in [2.75, 3.05) is 13.2 Å². The van der Waals surface area contributed by atoms with Gasteiger partial charge in [0.05, 0.1) is 10.4 Å². The molecule has 1 N–H and O–H groups in total. The average Bonchev–Trinajstić information content (AvgIpc) is 2.33. The van der Waals surface area contributed by atoms with E-state index in [1.54, 1.807) is 6.92 Å². The third kappa shape index (κ3) is 2.54. The number of carboxylic acid groups (broad SMARTS) is 1. The molecule has 0 bridgehead atoms. The summed E-state index contributed by atoms with van der Waals surface area (Å²) in [5.41, 5.74) is 0.873. The highest BCUT2D eigenvalue weighted by atomic mass is 79.9. The first-order chi connectivity index (χ1) is 8.09. The minimum atomic E-state index is -0.807. The minimum absolute atomic E-state index is 0.439. The lowest BCUT2D eigenvalue weighted by Crippen LogP contribution is -2.19. The van der Waals surface area contributed by atoms with E-state index in [-0.39, 0.29) is 0 Å². The van der Waals surface area contributed by atoms with Crippen LogP contribution >= 0.6 is 15.9 Å². The van der Waals surface area contributed by atoms with Crippen LogP contribution in [0, 0.1) is 5.92 Å². The summed E-state index contributed by atoms with van der Waals surface area (Å²) in [4.78, 5) is 10.9. The lowest BCUT2D eigenvalue weighted by atomic mass is 10.00. The quantitative estimate of drug-likeness (QED) is 0.932. The summed E-state index contributed by atoms with van der Waals surface area (Å²) >= 11 is 3.39. The summed E-state index contributed by atoms with van der Waals surface area (Å²) in [6, 6.07) is 3.73. The molecule has 17 heavy (non-hydrogen) atoms. The van der Waals surface area contributed by atoms with Gasteiger partial charge in [-0.3, -0.25) is 4.79 Å². The molecule has 0 radical (unpaired) electrons. The molecule has 92 valence electrons. The molecule has 0 aliphatic carbocycles. The van der Waals surface area contributed by atoms with Crippen LogP contribution in [-0.4, -0.2) is 24.3 Å². The van der Waals surface area contributed by atoms with Crippen LogP contribution in [0.2, 0.25) is 0 Å². The lowest BCUT2D eigenvalue weighted by Gasteiger charge is -2.22. The maximum absolute atomic E-state index is 10.9. The van der Waals surface area contributed by atoms with Gasteiger partial charge >= 0.3 is 5.97 Å². The van der Waals surface area contributed by atoms with Gasteiger partial charge in [-0.25, -0.2) is 0 Å². The number of ether oxygens (including phenoxy) is 2. The van der Waals surface area contributed by atoms with Gasteiger partial charge in [-0.15, -0.1) is 0 Å². The van der Waals surface area contributed by atoms with Gasteiger partial charge in [0.1, 0.15) is 13.2 Å². The number of hydrogen-bond donors (Lipinski definition) is 1. The van der Waals surface area contributed by atoms with E-state index >= 15 is 0 Å². The summed E-state index contributed by atoms with van der Waals surface area (Å²) < 4.78 is 11.9. The first-order valence-corrected chi connectivity index (χ1v) is 6.18. The molecular formula is C12H13BrO4. The van der Waals surface area contributed by atoms with E-state index in [0.717, 1.165) is 10.0 Å². The summed E-state index contributed by atoms with van der Waals surface area (Å²) in [7, 11) is 0. The number of benzene rings is 1. The van der Waals surface area contributed by atoms with Crippen molar-refractivity contribution in [3.63, 3.8) is 0 Å². The SMILES string of the molecule is CC(Cc1ccc(Br)c2c1OCCO2)C(=O)O. The maximum Gasteiger partial charge on any atom is 0.306 e. The summed E-state index contributed by atoms with van der Waals surface area (Å²) in [6.45, 7) is 2.70. The highest BCUT2D eigenvalue weighted by Crippen LogP contribution is 2.40. The average molecular weight is 301 g/mol. The smallest absolute Gasteiger partial charge is 0.306 e. The van der Waals surface area contributed by atoms with Crippen LogP contribution in [0.1, 0.15) is 12.5 Å². The molecule has 0 spiro atoms. The van der Waals surface area contributed by atoms with Gasteiger partial charge in [0.25, 0.3) is 0 Å². The second kappa shape index (κ2) is 4.96. The third-order valence-electron chi connectivity index (χ3n) is 2.67. The number of carbonyl (C=O) groups is 1. The Balaban J connectivity index is 2.32. The molecule has 1 heterocycles. The highest BCUT2D eigenvalue weighted by molar-refractivity contribution is 9.10. The predicted molar refractivity (Wildman–Crippen MR) is 65.6 cm³/mol. The minimum Gasteiger partial charge on any atom is -0.486 e. The standard InChI is InChI=1S/C12H13BrO4/c1-7(12(14)15)6-8-2-3-9(13)11-10(8)16-4-5-17-11/h2-3,7H,4-6H2,1H3,(H,14,15). The Morgan fingerprint density at radius 3 is 2.71 bits per heavy atom. The van der Waals surface area contributed by atoms with Gasteiger partial charge in [0, 0.05) is 0 Å². The lowest BCUT2D eigenvalue weighted by molar-refractivity contribution is -0.141. The zero-order valence-electron chi connectivity index (χ0n) is 9.40. The molecule has 0 amide bonds. The molecule has 0 saturated heterocycles. The van der Waals surface area contributed by atoms with Crippen LogP contribution in [0.25, 0.3) is 0 Å². The number of hydrogen-bond acceptors (Lipinski definition) is 3. The first-order valence-electron chi connectivity index (χ1n) is 5.39. The van der Waals surface area contributed by atoms with Crippen molar-refractivity contribution in [2.24, 2.45) is 5.92 Å². The van der Waals surface area contributed by atoms with E-state index in [2.05, 4.69) is 15.9 Å². The molecule has 1 atom stereocenters. The van der Waals surface area contributed by atoms with Crippen molar-refractivity contribution in [2.45, 2.75) is 13.3 Å². The Hall–Kier alpha value is -1.23. The van der Waals surface area contributed by atoms with Crippen LogP contribution in [0.3, 0.4) is 0 Å². The van der Waals surface area contributed by atoms with Gasteiger partial charge < -0.3 is 14.6 Å². The number of fused-ring (bicyclic) bond motifs is 1. The maximum atomic E-state index is 10.9. The molecule has 0 saturated carbocycles. The molecule has 1 unspecified atom stereocenters. The number of halogens is 1. The number of rotatable bonds is 3. The van der Waals surface area contributed by atoms with Gasteiger partial charge in [0.15, 0.2) is 11.5 Å². The Morgan fingerprint density at radius 1 is 1.41 bits per heavy atom. The zero-order chi connectivity index (χ0) is 12.4. The number of aliphatic carboxylic acids is 1. The molecule has 4 nitrogen and oxygen atoms in total. The van der Waals surface area contributed by atoms with E-state index in [9.17, 15) is 4.79 Å². The molecule has 0 fully saturated rings. The van der Waals surface area contributed by atoms with Crippen LogP contribution in [0.15, 0.2) is 16.6 Å². The Kier molecular flexibility index (Phi) is 3.57. The molecule has 1 aliphatic heterocycles. The molecule has 1 aliphatic rings. The molecule has 1 aromatic rings. The Labute approximate surface area is 108 Å². The van der Waals surface area contributed by atoms with Gasteiger partial charge in [-0.2, -0.15) is 0 Å². The van der Waals surface area contributed by atoms with Crippen LogP contribution in [-0.2, 0) is 11.2 Å². The van der Waals surface area contributed by atoms with Crippen LogP contribution < -0.4 is 9.47 Å². The molecule has 0 aromatic heterocycles. The molecule has 1 aromatic carbocycles. The van der Waals surface area contributed by atoms with E-state index in [1.165, 1.54) is 0 Å². The summed E-state index contributed by atoms with van der Waals surface area (Å²) in [5.74, 6) is 0.0919. The molecular weight excluding hydrogens is 288 g/mol. The van der Waals surface area contributed by atoms with Gasteiger partial charge in [0.2, 0.25) is 0 Å². The zero-order valence-corrected chi connectivity index (χ0v) is 11.0. The van der Waals surface area contributed by atoms with Crippen molar-refractivity contribution in [3.05, 3.63) is 22.2 Å².